The second kappa shape index (κ2) is 17.8. The van der Waals surface area contributed by atoms with E-state index in [1.807, 2.05) is 0 Å². The van der Waals surface area contributed by atoms with E-state index in [0.717, 1.165) is 0 Å². The van der Waals surface area contributed by atoms with E-state index in [0.29, 0.717) is 0 Å². The van der Waals surface area contributed by atoms with Crippen LogP contribution in [0.4, 0.5) is 0 Å². The maximum atomic E-state index is 9.95. The molecule has 19 heteroatoms. The second-order valence-electron chi connectivity index (χ2n) is 16.0. The zero-order valence-electron chi connectivity index (χ0n) is 29.8. The summed E-state index contributed by atoms with van der Waals surface area (Å²) in [6, 6.07) is 0. The van der Waals surface area contributed by atoms with Crippen molar-refractivity contribution in [1.82, 2.24) is 0 Å². The quantitative estimate of drug-likeness (QED) is 0.184. The van der Waals surface area contributed by atoms with Crippen molar-refractivity contribution < 1.29 is 80.8 Å². The van der Waals surface area contributed by atoms with Crippen molar-refractivity contribution in [2.24, 2.45) is 0 Å². The molecular weight excluding hydrogens is 789 g/mol. The molecule has 0 saturated carbocycles. The minimum atomic E-state index is -2.85. The molecule has 0 fully saturated rings. The Morgan fingerprint density at radius 3 is 0.375 bits per heavy atom. The molecule has 0 aromatic heterocycles. The van der Waals surface area contributed by atoms with E-state index in [-0.39, 0.29) is 41.7 Å². The first kappa shape index (κ1) is 49.8. The van der Waals surface area contributed by atoms with Gasteiger partial charge in [-0.15, -0.1) is 0 Å². The predicted molar refractivity (Wildman–Crippen MR) is 188 cm³/mol. The van der Waals surface area contributed by atoms with E-state index in [1.165, 1.54) is 0 Å². The summed E-state index contributed by atoms with van der Waals surface area (Å²) in [5.41, 5.74) is 0. The summed E-state index contributed by atoms with van der Waals surface area (Å²) in [6.07, 6.45) is 0. The molecule has 0 amide bonds. The third-order valence-corrected chi connectivity index (χ3v) is 26.8. The maximum Gasteiger partial charge on any atom is 0.473 e. The van der Waals surface area contributed by atoms with Gasteiger partial charge >= 0.3 is 26.4 Å². The van der Waals surface area contributed by atoms with Crippen molar-refractivity contribution in [2.75, 3.05) is 0 Å². The van der Waals surface area contributed by atoms with E-state index in [2.05, 4.69) is 118 Å². The first-order valence-corrected chi connectivity index (χ1v) is 40.9. The van der Waals surface area contributed by atoms with Gasteiger partial charge in [0.1, 0.15) is 0 Å². The van der Waals surface area contributed by atoms with Crippen molar-refractivity contribution in [2.45, 2.75) is 137 Å². The first-order valence-electron chi connectivity index (χ1n) is 13.6. The zero-order valence-corrected chi connectivity index (χ0v) is 41.9. The van der Waals surface area contributed by atoms with Crippen molar-refractivity contribution in [3.05, 3.63) is 0 Å². The van der Waals surface area contributed by atoms with Crippen LogP contribution in [-0.2, 0) is 24.7 Å². The van der Waals surface area contributed by atoms with Crippen LogP contribution in [0.15, 0.2) is 0 Å². The molecule has 0 aliphatic rings. The van der Waals surface area contributed by atoms with Crippen LogP contribution in [0.25, 0.3) is 0 Å². The molecule has 40 heavy (non-hydrogen) atoms. The number of rotatable bonds is 12. The van der Waals surface area contributed by atoms with E-state index >= 15 is 0 Å². The van der Waals surface area contributed by atoms with E-state index < -0.39 is 76.3 Å². The van der Waals surface area contributed by atoms with Crippen LogP contribution in [0.5, 0.6) is 0 Å². The minimum Gasteiger partial charge on any atom is -0.417 e. The van der Waals surface area contributed by atoms with E-state index in [4.69, 9.17) is 24.7 Å². The van der Waals surface area contributed by atoms with Gasteiger partial charge in [0, 0.05) is 61.4 Å². The summed E-state index contributed by atoms with van der Waals surface area (Å²) in [7, 11) is -18.7. The van der Waals surface area contributed by atoms with Crippen molar-refractivity contribution in [1.29, 1.82) is 0 Å². The molecule has 0 bridgehead atoms. The molecule has 0 aliphatic carbocycles. The Hall–Kier alpha value is 2.97. The summed E-state index contributed by atoms with van der Waals surface area (Å²) in [6.45, 7) is 42.2. The smallest absolute Gasteiger partial charge is 0.417 e. The Morgan fingerprint density at radius 2 is 0.325 bits per heavy atom. The Bertz CT molecular complexity index is 554. The fourth-order valence-corrected chi connectivity index (χ4v) is 32.4. The van der Waals surface area contributed by atoms with Gasteiger partial charge in [-0.1, -0.05) is 0 Å². The van der Waals surface area contributed by atoms with Crippen molar-refractivity contribution >= 4 is 76.3 Å². The molecule has 0 rings (SSSR count). The van der Waals surface area contributed by atoms with Gasteiger partial charge < -0.3 is 39.1 Å². The van der Waals surface area contributed by atoms with Crippen LogP contribution < -0.4 is 0 Å². The van der Waals surface area contributed by atoms with Crippen molar-refractivity contribution in [3.63, 3.8) is 0 Å². The molecule has 9 nitrogen and oxygen atoms in total. The molecule has 244 valence electrons. The van der Waals surface area contributed by atoms with Crippen molar-refractivity contribution in [3.8, 4) is 0 Å². The van der Waals surface area contributed by atoms with Gasteiger partial charge in [-0.05, 0) is 118 Å². The molecule has 0 atom stereocenters. The third-order valence-electron chi connectivity index (χ3n) is 2.97. The van der Waals surface area contributed by atoms with Crippen LogP contribution in [0.3, 0.4) is 0 Å². The first-order chi connectivity index (χ1) is 16.2. The molecule has 0 aliphatic heterocycles. The van der Waals surface area contributed by atoms with E-state index in [1.54, 1.807) is 19.6 Å². The van der Waals surface area contributed by atoms with Gasteiger partial charge in [0.25, 0.3) is 0 Å². The molecule has 0 saturated heterocycles. The predicted octanol–water partition coefficient (Wildman–Crippen LogP) is 6.75. The molecule has 0 aromatic carbocycles. The summed E-state index contributed by atoms with van der Waals surface area (Å²) in [4.78, 5) is 29.8. The minimum absolute atomic E-state index is 0. The van der Waals surface area contributed by atoms with Crippen LogP contribution in [-0.4, -0.2) is 90.7 Å². The fourth-order valence-electron chi connectivity index (χ4n) is 3.47. The fraction of sp³-hybridized carbons (Fsp3) is 1.00. The van der Waals surface area contributed by atoms with Crippen LogP contribution in [0.1, 0.15) is 0 Å². The maximum absolute atomic E-state index is 9.95. The van der Waals surface area contributed by atoms with Crippen LogP contribution >= 0.6 is 0 Å². The van der Waals surface area contributed by atoms with Gasteiger partial charge in [0.05, 0.1) is 0 Å². The zero-order chi connectivity index (χ0) is 32.7. The summed E-state index contributed by atoms with van der Waals surface area (Å²) in [5.74, 6) is 0. The molecule has 0 spiro atoms. The van der Waals surface area contributed by atoms with Gasteiger partial charge in [-0.3, -0.25) is 0 Å². The van der Waals surface area contributed by atoms with Gasteiger partial charge in [-0.25, -0.2) is 0 Å². The van der Waals surface area contributed by atoms with Gasteiger partial charge in [0.2, 0.25) is 0 Å². The van der Waals surface area contributed by atoms with Crippen LogP contribution in [0, 0.1) is 41.7 Å². The summed E-state index contributed by atoms with van der Waals surface area (Å²) in [5, 5.41) is 0. The molecule has 0 aromatic rings. The second-order valence-corrected chi connectivity index (χ2v) is 51.6. The van der Waals surface area contributed by atoms with Crippen LogP contribution in [0.2, 0.25) is 137 Å². The van der Waals surface area contributed by atoms with Gasteiger partial charge in [-0.2, -0.15) is 0 Å². The van der Waals surface area contributed by atoms with E-state index in [9.17, 15) is 14.4 Å². The standard InChI is InChI=1S/3C7H22O3Si3.Ce/c3*1-11(2,3)9-13(7,8)10-12(4,5)6;/h3*8H,1-7H3;. The Kier molecular flexibility index (Phi) is 22.1. The number of hydrogen-bond acceptors (Lipinski definition) is 9. The molecule has 0 radical (unpaired) electrons. The average Bonchev–Trinajstić information content (AvgIpc) is 2.28. The molecule has 0 heterocycles. The largest absolute Gasteiger partial charge is 0.473 e. The summed E-state index contributed by atoms with van der Waals surface area (Å²) >= 11 is 0. The third kappa shape index (κ3) is 43.1. The Balaban J connectivity index is -0.000000240. The molecule has 3 N–H and O–H groups in total. The topological polar surface area (TPSA) is 116 Å². The normalized spacial score (nSPS) is 14.4. The number of hydrogen-bond donors (Lipinski definition) is 3. The molecular formula is C21H66CeO9Si9. The Morgan fingerprint density at radius 1 is 0.250 bits per heavy atom. The monoisotopic (exact) mass is 854 g/mol. The van der Waals surface area contributed by atoms with Gasteiger partial charge in [0.15, 0.2) is 49.9 Å². The Labute approximate surface area is 291 Å². The summed E-state index contributed by atoms with van der Waals surface area (Å²) < 4.78 is 33.9. The molecule has 0 unspecified atom stereocenters. The SMILES string of the molecule is C[Si](C)(C)O[Si](C)(O)O[Si](C)(C)C.C[Si](C)(C)O[Si](C)(O)O[Si](C)(C)C.C[Si](C)(C)O[Si](C)(O)O[Si](C)(C)C.[Ce]. The average molecular weight is 856 g/mol.